The molecular formula is C25H17ClFN3O5. The lowest BCUT2D eigenvalue weighted by atomic mass is 10.1. The molecule has 3 aromatic carbocycles. The highest BCUT2D eigenvalue weighted by Crippen LogP contribution is 2.31. The molecule has 10 heteroatoms. The molecule has 1 aliphatic rings. The molecule has 0 radical (unpaired) electrons. The van der Waals surface area contributed by atoms with Crippen LogP contribution in [0.5, 0.6) is 0 Å². The molecule has 8 nitrogen and oxygen atoms in total. The van der Waals surface area contributed by atoms with E-state index in [0.717, 1.165) is 4.90 Å². The number of anilines is 3. The minimum Gasteiger partial charge on any atom is -0.465 e. The first-order valence-electron chi connectivity index (χ1n) is 10.2. The van der Waals surface area contributed by atoms with Crippen LogP contribution in [0, 0.1) is 5.82 Å². The summed E-state index contributed by atoms with van der Waals surface area (Å²) in [4.78, 5) is 51.0. The summed E-state index contributed by atoms with van der Waals surface area (Å²) in [5.41, 5.74) is 1.10. The molecule has 2 N–H and O–H groups in total. The zero-order valence-corrected chi connectivity index (χ0v) is 18.9. The number of esters is 1. The Bertz CT molecular complexity index is 1390. The van der Waals surface area contributed by atoms with Crippen molar-refractivity contribution in [3.8, 4) is 0 Å². The van der Waals surface area contributed by atoms with E-state index in [2.05, 4.69) is 15.4 Å². The maximum Gasteiger partial charge on any atom is 0.337 e. The van der Waals surface area contributed by atoms with Crippen molar-refractivity contribution < 1.29 is 28.3 Å². The van der Waals surface area contributed by atoms with Gasteiger partial charge in [0.1, 0.15) is 16.5 Å². The fourth-order valence-corrected chi connectivity index (χ4v) is 3.57. The zero-order chi connectivity index (χ0) is 25.1. The SMILES string of the molecule is COC(=O)c1cccc(N2C(=O)C(Cl)=C(Nc3cccc(C(=O)Nc4ccc(F)cc4)c3)C2=O)c1. The van der Waals surface area contributed by atoms with Gasteiger partial charge in [0.05, 0.1) is 18.4 Å². The number of hydrogen-bond acceptors (Lipinski definition) is 6. The minimum atomic E-state index is -0.772. The molecule has 4 rings (SSSR count). The van der Waals surface area contributed by atoms with Crippen LogP contribution in [0.1, 0.15) is 20.7 Å². The molecule has 3 aromatic rings. The Morgan fingerprint density at radius 3 is 2.29 bits per heavy atom. The lowest BCUT2D eigenvalue weighted by Gasteiger charge is -2.16. The lowest BCUT2D eigenvalue weighted by molar-refractivity contribution is -0.120. The number of amides is 3. The summed E-state index contributed by atoms with van der Waals surface area (Å²) in [5.74, 6) is -3.02. The number of hydrogen-bond donors (Lipinski definition) is 2. The number of ether oxygens (including phenoxy) is 1. The van der Waals surface area contributed by atoms with Gasteiger partial charge >= 0.3 is 5.97 Å². The number of rotatable bonds is 6. The summed E-state index contributed by atoms with van der Waals surface area (Å²) >= 11 is 6.17. The van der Waals surface area contributed by atoms with E-state index in [1.807, 2.05) is 0 Å². The molecule has 0 unspecified atom stereocenters. The van der Waals surface area contributed by atoms with Crippen molar-refractivity contribution in [2.75, 3.05) is 22.6 Å². The van der Waals surface area contributed by atoms with Crippen LogP contribution in [0.3, 0.4) is 0 Å². The second-order valence-corrected chi connectivity index (χ2v) is 7.72. The van der Waals surface area contributed by atoms with Gasteiger partial charge in [-0.2, -0.15) is 0 Å². The fraction of sp³-hybridized carbons (Fsp3) is 0.0400. The molecule has 1 heterocycles. The predicted molar refractivity (Wildman–Crippen MR) is 128 cm³/mol. The zero-order valence-electron chi connectivity index (χ0n) is 18.2. The maximum atomic E-state index is 13.1. The third-order valence-corrected chi connectivity index (χ3v) is 5.40. The summed E-state index contributed by atoms with van der Waals surface area (Å²) in [7, 11) is 1.22. The summed E-state index contributed by atoms with van der Waals surface area (Å²) in [6.07, 6.45) is 0. The number of nitrogens with zero attached hydrogens (tertiary/aromatic N) is 1. The van der Waals surface area contributed by atoms with Crippen molar-refractivity contribution in [3.05, 3.63) is 100 Å². The first-order chi connectivity index (χ1) is 16.8. The van der Waals surface area contributed by atoms with Crippen LogP contribution < -0.4 is 15.5 Å². The topological polar surface area (TPSA) is 105 Å². The number of imide groups is 1. The van der Waals surface area contributed by atoms with Gasteiger partial charge in [0.15, 0.2) is 0 Å². The Hall–Kier alpha value is -4.50. The molecule has 0 aliphatic carbocycles. The highest BCUT2D eigenvalue weighted by molar-refractivity contribution is 6.53. The van der Waals surface area contributed by atoms with Crippen LogP contribution in [0.4, 0.5) is 21.5 Å². The van der Waals surface area contributed by atoms with Crippen LogP contribution in [0.25, 0.3) is 0 Å². The predicted octanol–water partition coefficient (Wildman–Crippen LogP) is 4.30. The van der Waals surface area contributed by atoms with Gasteiger partial charge in [-0.1, -0.05) is 23.7 Å². The highest BCUT2D eigenvalue weighted by atomic mass is 35.5. The third kappa shape index (κ3) is 4.90. The van der Waals surface area contributed by atoms with Crippen molar-refractivity contribution in [2.45, 2.75) is 0 Å². The Morgan fingerprint density at radius 2 is 1.57 bits per heavy atom. The van der Waals surface area contributed by atoms with E-state index < -0.39 is 29.5 Å². The molecule has 0 spiro atoms. The van der Waals surface area contributed by atoms with Crippen molar-refractivity contribution in [3.63, 3.8) is 0 Å². The van der Waals surface area contributed by atoms with E-state index in [1.165, 1.54) is 61.7 Å². The van der Waals surface area contributed by atoms with Crippen molar-refractivity contribution in [1.82, 2.24) is 0 Å². The smallest absolute Gasteiger partial charge is 0.337 e. The molecular weight excluding hydrogens is 477 g/mol. The molecule has 0 fully saturated rings. The van der Waals surface area contributed by atoms with E-state index in [4.69, 9.17) is 11.6 Å². The van der Waals surface area contributed by atoms with E-state index in [1.54, 1.807) is 18.2 Å². The first-order valence-corrected chi connectivity index (χ1v) is 10.6. The normalized spacial score (nSPS) is 13.2. The minimum absolute atomic E-state index is 0.144. The van der Waals surface area contributed by atoms with Gasteiger partial charge in [0.2, 0.25) is 0 Å². The van der Waals surface area contributed by atoms with E-state index in [-0.39, 0.29) is 27.5 Å². The van der Waals surface area contributed by atoms with Crippen molar-refractivity contribution in [1.29, 1.82) is 0 Å². The number of halogens is 2. The molecule has 0 bridgehead atoms. The van der Waals surface area contributed by atoms with Gasteiger partial charge in [0, 0.05) is 16.9 Å². The van der Waals surface area contributed by atoms with E-state index in [9.17, 15) is 23.6 Å². The number of carbonyl (C=O) groups is 4. The number of carbonyl (C=O) groups excluding carboxylic acids is 4. The van der Waals surface area contributed by atoms with Crippen LogP contribution in [0.2, 0.25) is 0 Å². The van der Waals surface area contributed by atoms with Crippen LogP contribution >= 0.6 is 11.6 Å². The monoisotopic (exact) mass is 493 g/mol. The van der Waals surface area contributed by atoms with Crippen LogP contribution in [-0.2, 0) is 14.3 Å². The average molecular weight is 494 g/mol. The molecule has 3 amide bonds. The van der Waals surface area contributed by atoms with Gasteiger partial charge in [-0.3, -0.25) is 14.4 Å². The summed E-state index contributed by atoms with van der Waals surface area (Å²) < 4.78 is 17.8. The second kappa shape index (κ2) is 9.78. The Balaban J connectivity index is 1.54. The molecule has 0 aromatic heterocycles. The third-order valence-electron chi connectivity index (χ3n) is 5.05. The summed E-state index contributed by atoms with van der Waals surface area (Å²) in [6.45, 7) is 0. The quantitative estimate of drug-likeness (QED) is 0.392. The lowest BCUT2D eigenvalue weighted by Crippen LogP contribution is -2.32. The number of methoxy groups -OCH3 is 1. The largest absolute Gasteiger partial charge is 0.465 e. The van der Waals surface area contributed by atoms with Crippen molar-refractivity contribution in [2.24, 2.45) is 0 Å². The molecule has 0 saturated carbocycles. The Labute approximate surface area is 203 Å². The molecule has 0 atom stereocenters. The van der Waals surface area contributed by atoms with Crippen LogP contribution in [-0.4, -0.2) is 30.8 Å². The van der Waals surface area contributed by atoms with Crippen LogP contribution in [0.15, 0.2) is 83.5 Å². The van der Waals surface area contributed by atoms with Gasteiger partial charge in [0.25, 0.3) is 17.7 Å². The van der Waals surface area contributed by atoms with Gasteiger partial charge in [-0.05, 0) is 60.7 Å². The molecule has 35 heavy (non-hydrogen) atoms. The highest BCUT2D eigenvalue weighted by Gasteiger charge is 2.39. The van der Waals surface area contributed by atoms with Crippen molar-refractivity contribution >= 4 is 52.4 Å². The Kier molecular flexibility index (Phi) is 6.61. The first kappa shape index (κ1) is 23.7. The Morgan fingerprint density at radius 1 is 0.886 bits per heavy atom. The number of nitrogens with one attached hydrogen (secondary N) is 2. The standard InChI is InChI=1S/C25H17ClFN3O5/c1-35-25(34)15-5-3-7-19(13-15)30-23(32)20(26)21(24(30)33)28-18-6-2-4-14(12-18)22(31)29-17-10-8-16(27)9-11-17/h2-13,28H,1H3,(H,29,31). The fourth-order valence-electron chi connectivity index (χ4n) is 3.35. The molecule has 0 saturated heterocycles. The van der Waals surface area contributed by atoms with E-state index >= 15 is 0 Å². The molecule has 176 valence electrons. The van der Waals surface area contributed by atoms with Gasteiger partial charge < -0.3 is 15.4 Å². The summed E-state index contributed by atoms with van der Waals surface area (Å²) in [5, 5.41) is 5.09. The second-order valence-electron chi connectivity index (χ2n) is 7.34. The number of benzene rings is 3. The molecule has 1 aliphatic heterocycles. The van der Waals surface area contributed by atoms with Gasteiger partial charge in [-0.15, -0.1) is 0 Å². The summed E-state index contributed by atoms with van der Waals surface area (Å²) in [6, 6.07) is 17.3. The van der Waals surface area contributed by atoms with E-state index in [0.29, 0.717) is 11.4 Å². The maximum absolute atomic E-state index is 13.1. The average Bonchev–Trinajstić information content (AvgIpc) is 3.08. The van der Waals surface area contributed by atoms with Gasteiger partial charge in [-0.25, -0.2) is 14.1 Å².